The van der Waals surface area contributed by atoms with E-state index in [2.05, 4.69) is 13.5 Å². The van der Waals surface area contributed by atoms with Gasteiger partial charge < -0.3 is 10.0 Å². The SMILES string of the molecule is C=CC(=O)N(C)[C@@H](CO)CCCC. The Morgan fingerprint density at radius 1 is 1.69 bits per heavy atom. The average molecular weight is 185 g/mol. The van der Waals surface area contributed by atoms with Gasteiger partial charge in [0.2, 0.25) is 5.91 Å². The van der Waals surface area contributed by atoms with E-state index in [0.717, 1.165) is 19.3 Å². The van der Waals surface area contributed by atoms with Gasteiger partial charge >= 0.3 is 0 Å². The van der Waals surface area contributed by atoms with Crippen molar-refractivity contribution in [3.8, 4) is 0 Å². The normalized spacial score (nSPS) is 12.2. The average Bonchev–Trinajstić information content (AvgIpc) is 2.17. The first-order chi connectivity index (χ1) is 6.17. The van der Waals surface area contributed by atoms with Crippen LogP contribution in [0.2, 0.25) is 0 Å². The van der Waals surface area contributed by atoms with Gasteiger partial charge in [-0.25, -0.2) is 0 Å². The Hall–Kier alpha value is -0.830. The van der Waals surface area contributed by atoms with Gasteiger partial charge in [0.05, 0.1) is 12.6 Å². The Labute approximate surface area is 80.0 Å². The van der Waals surface area contributed by atoms with Crippen LogP contribution >= 0.6 is 0 Å². The first-order valence-electron chi connectivity index (χ1n) is 4.67. The minimum absolute atomic E-state index is 0.0239. The Kier molecular flexibility index (Phi) is 6.24. The van der Waals surface area contributed by atoms with Gasteiger partial charge in [0.25, 0.3) is 0 Å². The molecule has 0 saturated carbocycles. The number of carbonyl (C=O) groups excluding carboxylic acids is 1. The van der Waals surface area contributed by atoms with Crippen molar-refractivity contribution in [2.75, 3.05) is 13.7 Å². The molecule has 1 amide bonds. The molecule has 1 atom stereocenters. The minimum atomic E-state index is -0.129. The predicted molar refractivity (Wildman–Crippen MR) is 53.4 cm³/mol. The topological polar surface area (TPSA) is 40.5 Å². The molecule has 1 N–H and O–H groups in total. The number of carbonyl (C=O) groups is 1. The number of hydrogen-bond donors (Lipinski definition) is 1. The summed E-state index contributed by atoms with van der Waals surface area (Å²) in [6.45, 7) is 5.52. The van der Waals surface area contributed by atoms with E-state index in [1.54, 1.807) is 11.9 Å². The summed E-state index contributed by atoms with van der Waals surface area (Å²) < 4.78 is 0. The van der Waals surface area contributed by atoms with E-state index in [-0.39, 0.29) is 18.6 Å². The number of amides is 1. The van der Waals surface area contributed by atoms with Gasteiger partial charge in [0.1, 0.15) is 0 Å². The molecule has 0 unspecified atom stereocenters. The number of likely N-dealkylation sites (N-methyl/N-ethyl adjacent to an activating group) is 1. The first kappa shape index (κ1) is 12.2. The van der Waals surface area contributed by atoms with Gasteiger partial charge in [-0.2, -0.15) is 0 Å². The molecule has 0 spiro atoms. The molecule has 0 saturated heterocycles. The fraction of sp³-hybridized carbons (Fsp3) is 0.700. The maximum absolute atomic E-state index is 11.2. The number of rotatable bonds is 6. The van der Waals surface area contributed by atoms with Crippen molar-refractivity contribution < 1.29 is 9.90 Å². The highest BCUT2D eigenvalue weighted by Crippen LogP contribution is 2.06. The second kappa shape index (κ2) is 6.66. The van der Waals surface area contributed by atoms with Crippen LogP contribution in [0.25, 0.3) is 0 Å². The van der Waals surface area contributed by atoms with Crippen molar-refractivity contribution >= 4 is 5.91 Å². The van der Waals surface area contributed by atoms with Crippen molar-refractivity contribution in [2.45, 2.75) is 32.2 Å². The summed E-state index contributed by atoms with van der Waals surface area (Å²) in [5.74, 6) is -0.129. The van der Waals surface area contributed by atoms with Crippen LogP contribution in [0.15, 0.2) is 12.7 Å². The van der Waals surface area contributed by atoms with Gasteiger partial charge in [-0.3, -0.25) is 4.79 Å². The quantitative estimate of drug-likeness (QED) is 0.631. The Bertz CT molecular complexity index is 168. The highest BCUT2D eigenvalue weighted by molar-refractivity contribution is 5.87. The largest absolute Gasteiger partial charge is 0.394 e. The summed E-state index contributed by atoms with van der Waals surface area (Å²) in [5.41, 5.74) is 0. The van der Waals surface area contributed by atoms with Crippen LogP contribution < -0.4 is 0 Å². The molecule has 0 fully saturated rings. The molecule has 3 heteroatoms. The third-order valence-corrected chi connectivity index (χ3v) is 2.17. The molecule has 76 valence electrons. The van der Waals surface area contributed by atoms with Crippen LogP contribution in [-0.2, 0) is 4.79 Å². The lowest BCUT2D eigenvalue weighted by atomic mass is 10.1. The summed E-state index contributed by atoms with van der Waals surface area (Å²) in [5, 5.41) is 9.04. The van der Waals surface area contributed by atoms with Crippen molar-refractivity contribution in [3.05, 3.63) is 12.7 Å². The van der Waals surface area contributed by atoms with Crippen molar-refractivity contribution in [1.82, 2.24) is 4.90 Å². The summed E-state index contributed by atoms with van der Waals surface area (Å²) in [6, 6.07) is -0.0644. The van der Waals surface area contributed by atoms with E-state index in [0.29, 0.717) is 0 Å². The molecular formula is C10H19NO2. The minimum Gasteiger partial charge on any atom is -0.394 e. The first-order valence-corrected chi connectivity index (χ1v) is 4.67. The molecule has 0 rings (SSSR count). The van der Waals surface area contributed by atoms with E-state index in [1.807, 2.05) is 0 Å². The van der Waals surface area contributed by atoms with Crippen molar-refractivity contribution in [3.63, 3.8) is 0 Å². The Balaban J connectivity index is 4.05. The number of unbranched alkanes of at least 4 members (excludes halogenated alkanes) is 1. The van der Waals surface area contributed by atoms with E-state index >= 15 is 0 Å². The van der Waals surface area contributed by atoms with Gasteiger partial charge in [0, 0.05) is 7.05 Å². The molecule has 0 heterocycles. The summed E-state index contributed by atoms with van der Waals surface area (Å²) in [4.78, 5) is 12.7. The highest BCUT2D eigenvalue weighted by atomic mass is 16.3. The smallest absolute Gasteiger partial charge is 0.246 e. The standard InChI is InChI=1S/C10H19NO2/c1-4-6-7-9(8-12)11(3)10(13)5-2/h5,9,12H,2,4,6-8H2,1,3H3/t9-/m1/s1. The zero-order valence-corrected chi connectivity index (χ0v) is 8.49. The number of nitrogens with zero attached hydrogens (tertiary/aromatic N) is 1. The van der Waals surface area contributed by atoms with E-state index in [4.69, 9.17) is 5.11 Å². The van der Waals surface area contributed by atoms with Gasteiger partial charge in [-0.1, -0.05) is 26.3 Å². The van der Waals surface area contributed by atoms with Crippen LogP contribution in [-0.4, -0.2) is 35.6 Å². The van der Waals surface area contributed by atoms with Gasteiger partial charge in [0.15, 0.2) is 0 Å². The maximum Gasteiger partial charge on any atom is 0.246 e. The third-order valence-electron chi connectivity index (χ3n) is 2.17. The molecule has 0 aliphatic heterocycles. The molecule has 0 aromatic rings. The summed E-state index contributed by atoms with van der Waals surface area (Å²) in [7, 11) is 1.70. The Morgan fingerprint density at radius 2 is 2.31 bits per heavy atom. The van der Waals surface area contributed by atoms with Crippen LogP contribution in [0.5, 0.6) is 0 Å². The highest BCUT2D eigenvalue weighted by Gasteiger charge is 2.15. The number of aliphatic hydroxyl groups excluding tert-OH is 1. The van der Waals surface area contributed by atoms with Crippen molar-refractivity contribution in [2.24, 2.45) is 0 Å². The monoisotopic (exact) mass is 185 g/mol. The molecule has 0 radical (unpaired) electrons. The molecule has 0 aliphatic carbocycles. The molecule has 0 bridgehead atoms. The summed E-state index contributed by atoms with van der Waals surface area (Å²) in [6.07, 6.45) is 4.23. The maximum atomic E-state index is 11.2. The van der Waals surface area contributed by atoms with Crippen molar-refractivity contribution in [1.29, 1.82) is 0 Å². The van der Waals surface area contributed by atoms with Crippen LogP contribution in [0.1, 0.15) is 26.2 Å². The zero-order chi connectivity index (χ0) is 10.3. The second-order valence-corrected chi connectivity index (χ2v) is 3.13. The fourth-order valence-electron chi connectivity index (χ4n) is 1.17. The molecule has 0 aromatic heterocycles. The molecule has 13 heavy (non-hydrogen) atoms. The molecule has 0 aromatic carbocycles. The third kappa shape index (κ3) is 4.08. The fourth-order valence-corrected chi connectivity index (χ4v) is 1.17. The lowest BCUT2D eigenvalue weighted by molar-refractivity contribution is -0.127. The summed E-state index contributed by atoms with van der Waals surface area (Å²) >= 11 is 0. The van der Waals surface area contributed by atoms with E-state index < -0.39 is 0 Å². The number of hydrogen-bond acceptors (Lipinski definition) is 2. The van der Waals surface area contributed by atoms with Crippen LogP contribution in [0.3, 0.4) is 0 Å². The lowest BCUT2D eigenvalue weighted by Crippen LogP contribution is -2.38. The van der Waals surface area contributed by atoms with E-state index in [1.165, 1.54) is 6.08 Å². The van der Waals surface area contributed by atoms with Crippen LogP contribution in [0.4, 0.5) is 0 Å². The van der Waals surface area contributed by atoms with E-state index in [9.17, 15) is 4.79 Å². The van der Waals surface area contributed by atoms with Gasteiger partial charge in [-0.15, -0.1) is 0 Å². The predicted octanol–water partition coefficient (Wildman–Crippen LogP) is 1.18. The lowest BCUT2D eigenvalue weighted by Gasteiger charge is -2.25. The Morgan fingerprint density at radius 3 is 2.69 bits per heavy atom. The molecular weight excluding hydrogens is 166 g/mol. The molecule has 0 aliphatic rings. The van der Waals surface area contributed by atoms with Crippen LogP contribution in [0, 0.1) is 0 Å². The number of aliphatic hydroxyl groups is 1. The second-order valence-electron chi connectivity index (χ2n) is 3.13. The zero-order valence-electron chi connectivity index (χ0n) is 8.49. The molecule has 3 nitrogen and oxygen atoms in total. The van der Waals surface area contributed by atoms with Gasteiger partial charge in [-0.05, 0) is 12.5 Å².